The largest absolute Gasteiger partial charge is 0.371 e. The summed E-state index contributed by atoms with van der Waals surface area (Å²) in [5.41, 5.74) is 2.75. The van der Waals surface area contributed by atoms with Crippen LogP contribution in [0.15, 0.2) is 39.5 Å². The van der Waals surface area contributed by atoms with Gasteiger partial charge in [0.1, 0.15) is 0 Å². The molecule has 0 saturated carbocycles. The van der Waals surface area contributed by atoms with Crippen molar-refractivity contribution in [1.29, 1.82) is 0 Å². The molecule has 0 radical (unpaired) electrons. The van der Waals surface area contributed by atoms with Crippen LogP contribution >= 0.6 is 27.3 Å². The lowest BCUT2D eigenvalue weighted by atomic mass is 10.2. The zero-order valence-electron chi connectivity index (χ0n) is 11.8. The summed E-state index contributed by atoms with van der Waals surface area (Å²) in [5, 5.41) is 4.77. The Morgan fingerprint density at radius 3 is 2.71 bits per heavy atom. The SMILES string of the molecule is CC1CCN(c2ccc(NC(=O)c3csc(Br)c3)cc2)C1. The molecule has 1 amide bonds. The van der Waals surface area contributed by atoms with Crippen LogP contribution in [-0.2, 0) is 0 Å². The van der Waals surface area contributed by atoms with E-state index in [1.54, 1.807) is 0 Å². The van der Waals surface area contributed by atoms with Crippen molar-refractivity contribution in [3.8, 4) is 0 Å². The van der Waals surface area contributed by atoms with Gasteiger partial charge in [-0.15, -0.1) is 11.3 Å². The Labute approximate surface area is 137 Å². The van der Waals surface area contributed by atoms with Gasteiger partial charge in [-0.1, -0.05) is 6.92 Å². The normalized spacial score (nSPS) is 18.0. The van der Waals surface area contributed by atoms with Gasteiger partial charge >= 0.3 is 0 Å². The fourth-order valence-electron chi connectivity index (χ4n) is 2.56. The number of carbonyl (C=O) groups excluding carboxylic acids is 1. The van der Waals surface area contributed by atoms with Crippen molar-refractivity contribution < 1.29 is 4.79 Å². The highest BCUT2D eigenvalue weighted by Gasteiger charge is 2.18. The van der Waals surface area contributed by atoms with E-state index < -0.39 is 0 Å². The minimum absolute atomic E-state index is 0.0699. The molecule has 1 aromatic heterocycles. The fraction of sp³-hybridized carbons (Fsp3) is 0.312. The van der Waals surface area contributed by atoms with Crippen LogP contribution < -0.4 is 10.2 Å². The van der Waals surface area contributed by atoms with Gasteiger partial charge in [0.2, 0.25) is 0 Å². The molecule has 1 fully saturated rings. The third-order valence-electron chi connectivity index (χ3n) is 3.74. The van der Waals surface area contributed by atoms with E-state index in [0.29, 0.717) is 5.56 Å². The van der Waals surface area contributed by atoms with Crippen LogP contribution in [0.4, 0.5) is 11.4 Å². The molecule has 5 heteroatoms. The maximum Gasteiger partial charge on any atom is 0.256 e. The smallest absolute Gasteiger partial charge is 0.256 e. The first-order valence-electron chi connectivity index (χ1n) is 7.02. The Hall–Kier alpha value is -1.33. The minimum atomic E-state index is -0.0699. The molecule has 21 heavy (non-hydrogen) atoms. The summed E-state index contributed by atoms with van der Waals surface area (Å²) in [6.07, 6.45) is 1.26. The van der Waals surface area contributed by atoms with Crippen LogP contribution in [-0.4, -0.2) is 19.0 Å². The number of hydrogen-bond acceptors (Lipinski definition) is 3. The maximum absolute atomic E-state index is 12.1. The lowest BCUT2D eigenvalue weighted by Gasteiger charge is -2.18. The molecule has 1 aliphatic rings. The molecular weight excluding hydrogens is 348 g/mol. The predicted molar refractivity (Wildman–Crippen MR) is 92.4 cm³/mol. The zero-order valence-corrected chi connectivity index (χ0v) is 14.2. The lowest BCUT2D eigenvalue weighted by molar-refractivity contribution is 0.102. The molecule has 1 N–H and O–H groups in total. The molecule has 110 valence electrons. The topological polar surface area (TPSA) is 32.3 Å². The van der Waals surface area contributed by atoms with Crippen molar-refractivity contribution in [3.63, 3.8) is 0 Å². The second kappa shape index (κ2) is 6.20. The highest BCUT2D eigenvalue weighted by atomic mass is 79.9. The number of carbonyl (C=O) groups is 1. The second-order valence-electron chi connectivity index (χ2n) is 5.48. The maximum atomic E-state index is 12.1. The number of nitrogens with one attached hydrogen (secondary N) is 1. The fourth-order valence-corrected chi connectivity index (χ4v) is 3.69. The lowest BCUT2D eigenvalue weighted by Crippen LogP contribution is -2.19. The van der Waals surface area contributed by atoms with E-state index in [1.807, 2.05) is 23.6 Å². The van der Waals surface area contributed by atoms with Crippen LogP contribution in [0.1, 0.15) is 23.7 Å². The van der Waals surface area contributed by atoms with E-state index in [4.69, 9.17) is 0 Å². The Morgan fingerprint density at radius 1 is 1.38 bits per heavy atom. The van der Waals surface area contributed by atoms with Crippen LogP contribution in [0.5, 0.6) is 0 Å². The molecule has 1 atom stereocenters. The average Bonchev–Trinajstić information content (AvgIpc) is 3.08. The zero-order chi connectivity index (χ0) is 14.8. The van der Waals surface area contributed by atoms with Gasteiger partial charge in [0.15, 0.2) is 0 Å². The molecule has 0 spiro atoms. The van der Waals surface area contributed by atoms with E-state index in [-0.39, 0.29) is 5.91 Å². The first-order chi connectivity index (χ1) is 10.1. The van der Waals surface area contributed by atoms with Gasteiger partial charge in [0, 0.05) is 29.8 Å². The summed E-state index contributed by atoms with van der Waals surface area (Å²) >= 11 is 4.88. The third-order valence-corrected chi connectivity index (χ3v) is 5.25. The predicted octanol–water partition coefficient (Wildman–Crippen LogP) is 4.61. The van der Waals surface area contributed by atoms with Crippen molar-refractivity contribution >= 4 is 44.5 Å². The molecular formula is C16H17BrN2OS. The van der Waals surface area contributed by atoms with Crippen LogP contribution in [0.25, 0.3) is 0 Å². The van der Waals surface area contributed by atoms with E-state index in [0.717, 1.165) is 28.5 Å². The number of benzene rings is 1. The van der Waals surface area contributed by atoms with Gasteiger partial charge in [0.25, 0.3) is 5.91 Å². The Kier molecular flexibility index (Phi) is 4.31. The van der Waals surface area contributed by atoms with Crippen LogP contribution in [0, 0.1) is 5.92 Å². The van der Waals surface area contributed by atoms with Crippen LogP contribution in [0.2, 0.25) is 0 Å². The Balaban J connectivity index is 1.66. The monoisotopic (exact) mass is 364 g/mol. The molecule has 1 unspecified atom stereocenters. The summed E-state index contributed by atoms with van der Waals surface area (Å²) in [4.78, 5) is 14.5. The highest BCUT2D eigenvalue weighted by Crippen LogP contribution is 2.25. The first-order valence-corrected chi connectivity index (χ1v) is 8.69. The van der Waals surface area contributed by atoms with Gasteiger partial charge in [-0.2, -0.15) is 0 Å². The van der Waals surface area contributed by atoms with Gasteiger partial charge in [-0.3, -0.25) is 4.79 Å². The molecule has 0 bridgehead atoms. The van der Waals surface area contributed by atoms with E-state index in [1.165, 1.54) is 23.4 Å². The molecule has 1 aliphatic heterocycles. The summed E-state index contributed by atoms with van der Waals surface area (Å²) in [5.74, 6) is 0.695. The number of rotatable bonds is 3. The molecule has 1 saturated heterocycles. The number of thiophene rings is 1. The molecule has 3 rings (SSSR count). The summed E-state index contributed by atoms with van der Waals surface area (Å²) in [6, 6.07) is 9.93. The van der Waals surface area contributed by atoms with Crippen molar-refractivity contribution in [2.45, 2.75) is 13.3 Å². The Bertz CT molecular complexity index is 638. The molecule has 3 nitrogen and oxygen atoms in total. The van der Waals surface area contributed by atoms with E-state index in [9.17, 15) is 4.79 Å². The number of amides is 1. The van der Waals surface area contributed by atoms with Gasteiger partial charge in [-0.05, 0) is 58.6 Å². The van der Waals surface area contributed by atoms with Gasteiger partial charge in [0.05, 0.1) is 9.35 Å². The van der Waals surface area contributed by atoms with Crippen molar-refractivity contribution in [2.24, 2.45) is 5.92 Å². The quantitative estimate of drug-likeness (QED) is 0.862. The van der Waals surface area contributed by atoms with Gasteiger partial charge < -0.3 is 10.2 Å². The molecule has 2 aromatic rings. The summed E-state index contributed by atoms with van der Waals surface area (Å²) in [7, 11) is 0. The second-order valence-corrected chi connectivity index (χ2v) is 7.77. The number of nitrogens with zero attached hydrogens (tertiary/aromatic N) is 1. The highest BCUT2D eigenvalue weighted by molar-refractivity contribution is 9.11. The van der Waals surface area contributed by atoms with E-state index in [2.05, 4.69) is 45.2 Å². The number of halogens is 1. The van der Waals surface area contributed by atoms with Gasteiger partial charge in [-0.25, -0.2) is 0 Å². The molecule has 1 aromatic carbocycles. The number of anilines is 2. The number of hydrogen-bond donors (Lipinski definition) is 1. The first kappa shape index (κ1) is 14.6. The molecule has 2 heterocycles. The van der Waals surface area contributed by atoms with Crippen molar-refractivity contribution in [3.05, 3.63) is 45.1 Å². The van der Waals surface area contributed by atoms with Crippen LogP contribution in [0.3, 0.4) is 0 Å². The molecule has 0 aliphatic carbocycles. The summed E-state index contributed by atoms with van der Waals surface area (Å²) < 4.78 is 0.964. The summed E-state index contributed by atoms with van der Waals surface area (Å²) in [6.45, 7) is 4.53. The van der Waals surface area contributed by atoms with E-state index >= 15 is 0 Å². The third kappa shape index (κ3) is 3.47. The van der Waals surface area contributed by atoms with Crippen molar-refractivity contribution in [2.75, 3.05) is 23.3 Å². The average molecular weight is 365 g/mol. The standard InChI is InChI=1S/C16H17BrN2OS/c1-11-6-7-19(9-11)14-4-2-13(3-5-14)18-16(20)12-8-15(17)21-10-12/h2-5,8,10-11H,6-7,9H2,1H3,(H,18,20). The van der Waals surface area contributed by atoms with Crippen molar-refractivity contribution in [1.82, 2.24) is 0 Å². The minimum Gasteiger partial charge on any atom is -0.371 e. The Morgan fingerprint density at radius 2 is 2.14 bits per heavy atom.